The van der Waals surface area contributed by atoms with Crippen molar-refractivity contribution in [3.63, 3.8) is 0 Å². The molecule has 18 heavy (non-hydrogen) atoms. The van der Waals surface area contributed by atoms with Crippen molar-refractivity contribution in [1.82, 2.24) is 0 Å². The lowest BCUT2D eigenvalue weighted by atomic mass is 9.97. The van der Waals surface area contributed by atoms with Gasteiger partial charge in [0, 0.05) is 0 Å². The molecule has 1 fully saturated rings. The molecule has 1 saturated carbocycles. The number of halogens is 3. The van der Waals surface area contributed by atoms with E-state index in [0.29, 0.717) is 12.8 Å². The van der Waals surface area contributed by atoms with E-state index in [1.54, 1.807) is 0 Å². The standard InChI is InChI=1S/C11H11F3O3S/c12-11(13,14)9-6-1-2-7-10(9)18(15,16)17-8-4-3-5-8/h1-2,6-8H,3-5H2. The van der Waals surface area contributed by atoms with Crippen LogP contribution in [0.2, 0.25) is 0 Å². The van der Waals surface area contributed by atoms with E-state index in [9.17, 15) is 21.6 Å². The SMILES string of the molecule is O=S(=O)(OC1CCC1)c1ccccc1C(F)(F)F. The van der Waals surface area contributed by atoms with Crippen molar-refractivity contribution in [3.05, 3.63) is 29.8 Å². The molecule has 0 aliphatic heterocycles. The molecule has 0 saturated heterocycles. The van der Waals surface area contributed by atoms with Crippen LogP contribution in [0.3, 0.4) is 0 Å². The smallest absolute Gasteiger partial charge is 0.263 e. The average molecular weight is 280 g/mol. The molecule has 0 aromatic heterocycles. The first-order chi connectivity index (χ1) is 8.31. The summed E-state index contributed by atoms with van der Waals surface area (Å²) in [7, 11) is -4.35. The zero-order valence-electron chi connectivity index (χ0n) is 9.27. The Labute approximate surface area is 103 Å². The monoisotopic (exact) mass is 280 g/mol. The zero-order chi connectivity index (χ0) is 13.4. The highest BCUT2D eigenvalue weighted by atomic mass is 32.2. The molecule has 0 N–H and O–H groups in total. The highest BCUT2D eigenvalue weighted by Crippen LogP contribution is 2.36. The third-order valence-corrected chi connectivity index (χ3v) is 4.20. The van der Waals surface area contributed by atoms with Crippen molar-refractivity contribution in [1.29, 1.82) is 0 Å². The highest BCUT2D eigenvalue weighted by Gasteiger charge is 2.38. The Morgan fingerprint density at radius 1 is 1.17 bits per heavy atom. The topological polar surface area (TPSA) is 43.4 Å². The summed E-state index contributed by atoms with van der Waals surface area (Å²) >= 11 is 0. The minimum atomic E-state index is -4.72. The van der Waals surface area contributed by atoms with Crippen LogP contribution in [0.25, 0.3) is 0 Å². The van der Waals surface area contributed by atoms with Crippen LogP contribution in [0.1, 0.15) is 24.8 Å². The van der Waals surface area contributed by atoms with Crippen LogP contribution >= 0.6 is 0 Å². The lowest BCUT2D eigenvalue weighted by molar-refractivity contribution is -0.140. The van der Waals surface area contributed by atoms with Crippen LogP contribution < -0.4 is 0 Å². The quantitative estimate of drug-likeness (QED) is 0.799. The summed E-state index contributed by atoms with van der Waals surface area (Å²) in [6.45, 7) is 0. The fourth-order valence-electron chi connectivity index (χ4n) is 1.62. The predicted molar refractivity (Wildman–Crippen MR) is 57.4 cm³/mol. The van der Waals surface area contributed by atoms with E-state index in [1.807, 2.05) is 0 Å². The Bertz CT molecular complexity index is 533. The lowest BCUT2D eigenvalue weighted by Crippen LogP contribution is -2.26. The highest BCUT2D eigenvalue weighted by molar-refractivity contribution is 7.86. The van der Waals surface area contributed by atoms with Gasteiger partial charge in [-0.25, -0.2) is 0 Å². The van der Waals surface area contributed by atoms with Gasteiger partial charge < -0.3 is 0 Å². The minimum Gasteiger partial charge on any atom is -0.263 e. The molecule has 0 heterocycles. The molecule has 1 aliphatic carbocycles. The van der Waals surface area contributed by atoms with Gasteiger partial charge in [0.1, 0.15) is 4.90 Å². The number of hydrogen-bond donors (Lipinski definition) is 0. The van der Waals surface area contributed by atoms with Crippen molar-refractivity contribution < 1.29 is 25.8 Å². The van der Waals surface area contributed by atoms with Crippen molar-refractivity contribution >= 4 is 10.1 Å². The van der Waals surface area contributed by atoms with E-state index in [4.69, 9.17) is 4.18 Å². The van der Waals surface area contributed by atoms with Gasteiger partial charge in [-0.1, -0.05) is 12.1 Å². The van der Waals surface area contributed by atoms with Crippen LogP contribution in [0.15, 0.2) is 29.2 Å². The second-order valence-corrected chi connectivity index (χ2v) is 5.64. The first-order valence-corrected chi connectivity index (χ1v) is 6.81. The summed E-state index contributed by atoms with van der Waals surface area (Å²) in [5, 5.41) is 0. The molecule has 0 radical (unpaired) electrons. The van der Waals surface area contributed by atoms with Gasteiger partial charge in [-0.15, -0.1) is 0 Å². The maximum Gasteiger partial charge on any atom is 0.417 e. The summed E-state index contributed by atoms with van der Waals surface area (Å²) in [4.78, 5) is -0.815. The second kappa shape index (κ2) is 4.55. The maximum absolute atomic E-state index is 12.7. The summed E-state index contributed by atoms with van der Waals surface area (Å²) in [5.74, 6) is 0. The molecular weight excluding hydrogens is 269 g/mol. The molecule has 3 nitrogen and oxygen atoms in total. The summed E-state index contributed by atoms with van der Waals surface area (Å²) in [5.41, 5.74) is -1.19. The largest absolute Gasteiger partial charge is 0.417 e. The number of rotatable bonds is 3. The molecule has 0 bridgehead atoms. The maximum atomic E-state index is 12.7. The first kappa shape index (κ1) is 13.4. The van der Waals surface area contributed by atoms with Crippen LogP contribution in [-0.2, 0) is 20.5 Å². The first-order valence-electron chi connectivity index (χ1n) is 5.40. The van der Waals surface area contributed by atoms with Gasteiger partial charge in [-0.05, 0) is 31.4 Å². The van der Waals surface area contributed by atoms with E-state index >= 15 is 0 Å². The van der Waals surface area contributed by atoms with E-state index in [1.165, 1.54) is 6.07 Å². The number of alkyl halides is 3. The molecule has 1 aliphatic rings. The van der Waals surface area contributed by atoms with E-state index in [0.717, 1.165) is 24.6 Å². The summed E-state index contributed by atoms with van der Waals surface area (Å²) in [6.07, 6.45) is -3.24. The van der Waals surface area contributed by atoms with Crippen LogP contribution in [-0.4, -0.2) is 14.5 Å². The Hall–Kier alpha value is -1.08. The Kier molecular flexibility index (Phi) is 3.37. The summed E-state index contributed by atoms with van der Waals surface area (Å²) in [6, 6.07) is 4.03. The Morgan fingerprint density at radius 2 is 1.78 bits per heavy atom. The average Bonchev–Trinajstić information content (AvgIpc) is 2.23. The van der Waals surface area contributed by atoms with Gasteiger partial charge in [-0.2, -0.15) is 21.6 Å². The van der Waals surface area contributed by atoms with Gasteiger partial charge in [0.25, 0.3) is 10.1 Å². The van der Waals surface area contributed by atoms with Gasteiger partial charge in [0.2, 0.25) is 0 Å². The molecule has 0 atom stereocenters. The fourth-order valence-corrected chi connectivity index (χ4v) is 2.97. The zero-order valence-corrected chi connectivity index (χ0v) is 10.1. The number of hydrogen-bond acceptors (Lipinski definition) is 3. The van der Waals surface area contributed by atoms with E-state index in [2.05, 4.69) is 0 Å². The minimum absolute atomic E-state index is 0.490. The molecule has 0 amide bonds. The van der Waals surface area contributed by atoms with Crippen molar-refractivity contribution in [3.8, 4) is 0 Å². The van der Waals surface area contributed by atoms with E-state index in [-0.39, 0.29) is 0 Å². The molecule has 2 rings (SSSR count). The predicted octanol–water partition coefficient (Wildman–Crippen LogP) is 2.96. The van der Waals surface area contributed by atoms with Crippen LogP contribution in [0.4, 0.5) is 13.2 Å². The lowest BCUT2D eigenvalue weighted by Gasteiger charge is -2.25. The third-order valence-electron chi connectivity index (χ3n) is 2.78. The van der Waals surface area contributed by atoms with Gasteiger partial charge >= 0.3 is 6.18 Å². The Balaban J connectivity index is 2.37. The molecule has 100 valence electrons. The van der Waals surface area contributed by atoms with Gasteiger partial charge in [0.15, 0.2) is 0 Å². The molecule has 0 unspecified atom stereocenters. The van der Waals surface area contributed by atoms with Gasteiger partial charge in [0.05, 0.1) is 11.7 Å². The molecule has 1 aromatic carbocycles. The molecular formula is C11H11F3O3S. The molecule has 1 aromatic rings. The Morgan fingerprint density at radius 3 is 2.28 bits per heavy atom. The van der Waals surface area contributed by atoms with Crippen molar-refractivity contribution in [2.75, 3.05) is 0 Å². The van der Waals surface area contributed by atoms with Crippen LogP contribution in [0, 0.1) is 0 Å². The second-order valence-electron chi connectivity index (χ2n) is 4.10. The van der Waals surface area contributed by atoms with Crippen LogP contribution in [0.5, 0.6) is 0 Å². The normalized spacial score (nSPS) is 17.5. The molecule has 0 spiro atoms. The third kappa shape index (κ3) is 2.67. The molecule has 7 heteroatoms. The van der Waals surface area contributed by atoms with Gasteiger partial charge in [-0.3, -0.25) is 4.18 Å². The number of benzene rings is 1. The van der Waals surface area contributed by atoms with Crippen molar-refractivity contribution in [2.24, 2.45) is 0 Å². The summed E-state index contributed by atoms with van der Waals surface area (Å²) < 4.78 is 66.4. The van der Waals surface area contributed by atoms with Crippen molar-refractivity contribution in [2.45, 2.75) is 36.4 Å². The fraction of sp³-hybridized carbons (Fsp3) is 0.455. The van der Waals surface area contributed by atoms with E-state index < -0.39 is 32.9 Å².